The number of para-hydroxylation sites is 1. The summed E-state index contributed by atoms with van der Waals surface area (Å²) in [6.45, 7) is 6.88. The van der Waals surface area contributed by atoms with Crippen LogP contribution in [0.25, 0.3) is 22.2 Å². The lowest BCUT2D eigenvalue weighted by Gasteiger charge is -2.34. The molecule has 190 valence electrons. The third-order valence-electron chi connectivity index (χ3n) is 7.02. The number of ether oxygens (including phenoxy) is 3. The minimum Gasteiger partial charge on any atom is -0.493 e. The molecule has 1 amide bonds. The summed E-state index contributed by atoms with van der Waals surface area (Å²) < 4.78 is 16.5. The van der Waals surface area contributed by atoms with Gasteiger partial charge in [-0.2, -0.15) is 5.10 Å². The highest BCUT2D eigenvalue weighted by molar-refractivity contribution is 6.07. The first-order valence-electron chi connectivity index (χ1n) is 12.3. The molecule has 1 N–H and O–H groups in total. The predicted molar refractivity (Wildman–Crippen MR) is 143 cm³/mol. The van der Waals surface area contributed by atoms with Gasteiger partial charge < -0.3 is 14.2 Å². The third kappa shape index (κ3) is 5.30. The van der Waals surface area contributed by atoms with Crippen LogP contribution in [-0.2, 0) is 0 Å². The molecule has 7 nitrogen and oxygen atoms in total. The van der Waals surface area contributed by atoms with Crippen molar-refractivity contribution in [2.45, 2.75) is 46.5 Å². The monoisotopic (exact) mass is 489 g/mol. The van der Waals surface area contributed by atoms with Crippen LogP contribution in [0.15, 0.2) is 47.6 Å². The van der Waals surface area contributed by atoms with E-state index in [9.17, 15) is 4.79 Å². The Morgan fingerprint density at radius 2 is 1.61 bits per heavy atom. The second kappa shape index (κ2) is 10.6. The molecule has 36 heavy (non-hydrogen) atoms. The predicted octanol–water partition coefficient (Wildman–Crippen LogP) is 6.25. The maximum atomic E-state index is 13.3. The van der Waals surface area contributed by atoms with Gasteiger partial charge in [0.2, 0.25) is 5.75 Å². The van der Waals surface area contributed by atoms with Crippen LogP contribution in [0.3, 0.4) is 0 Å². The molecule has 0 saturated heterocycles. The molecule has 0 unspecified atom stereocenters. The van der Waals surface area contributed by atoms with Crippen LogP contribution in [0.1, 0.15) is 56.8 Å². The number of amides is 1. The Balaban J connectivity index is 1.66. The van der Waals surface area contributed by atoms with E-state index < -0.39 is 0 Å². The molecule has 4 rings (SSSR count). The maximum Gasteiger partial charge on any atom is 0.272 e. The Bertz CT molecular complexity index is 1260. The molecule has 1 fully saturated rings. The highest BCUT2D eigenvalue weighted by Gasteiger charge is 2.28. The lowest BCUT2D eigenvalue weighted by atomic mass is 9.72. The Morgan fingerprint density at radius 1 is 0.972 bits per heavy atom. The first-order chi connectivity index (χ1) is 17.2. The van der Waals surface area contributed by atoms with Gasteiger partial charge in [0.05, 0.1) is 38.1 Å². The van der Waals surface area contributed by atoms with E-state index in [2.05, 4.69) is 31.3 Å². The van der Waals surface area contributed by atoms with E-state index in [1.807, 2.05) is 36.4 Å². The number of carbonyl (C=O) groups excluding carboxylic acids is 1. The van der Waals surface area contributed by atoms with Gasteiger partial charge in [0.15, 0.2) is 11.5 Å². The Kier molecular flexibility index (Phi) is 7.48. The highest BCUT2D eigenvalue weighted by atomic mass is 16.5. The number of nitrogens with zero attached hydrogens (tertiary/aromatic N) is 2. The molecule has 2 aromatic carbocycles. The number of benzene rings is 2. The van der Waals surface area contributed by atoms with E-state index in [1.165, 1.54) is 0 Å². The second-order valence-electron chi connectivity index (χ2n) is 10.2. The van der Waals surface area contributed by atoms with Crippen molar-refractivity contribution in [1.82, 2.24) is 10.4 Å². The molecule has 3 aromatic rings. The van der Waals surface area contributed by atoms with Crippen molar-refractivity contribution in [3.63, 3.8) is 0 Å². The van der Waals surface area contributed by atoms with E-state index in [-0.39, 0.29) is 5.91 Å². The van der Waals surface area contributed by atoms with Gasteiger partial charge in [-0.25, -0.2) is 10.4 Å². The van der Waals surface area contributed by atoms with Crippen molar-refractivity contribution in [3.8, 4) is 28.5 Å². The molecule has 1 saturated carbocycles. The quantitative estimate of drug-likeness (QED) is 0.414. The molecule has 0 aliphatic heterocycles. The van der Waals surface area contributed by atoms with Crippen LogP contribution in [0, 0.1) is 11.3 Å². The van der Waals surface area contributed by atoms with Gasteiger partial charge in [0.1, 0.15) is 0 Å². The SMILES string of the molecule is COc1cc(-c2cc(C(=O)NN=C3CCC(C(C)(C)C)CC3)c3ccccc3n2)cc(OC)c1OC. The number of fused-ring (bicyclic) bond motifs is 1. The summed E-state index contributed by atoms with van der Waals surface area (Å²) in [5.41, 5.74) is 6.75. The zero-order chi connectivity index (χ0) is 25.9. The first kappa shape index (κ1) is 25.5. The fourth-order valence-corrected chi connectivity index (χ4v) is 4.86. The van der Waals surface area contributed by atoms with Gasteiger partial charge in [-0.3, -0.25) is 4.79 Å². The minimum absolute atomic E-state index is 0.257. The summed E-state index contributed by atoms with van der Waals surface area (Å²) in [5.74, 6) is 1.96. The zero-order valence-electron chi connectivity index (χ0n) is 22.0. The largest absolute Gasteiger partial charge is 0.493 e. The van der Waals surface area contributed by atoms with Crippen LogP contribution in [0.5, 0.6) is 17.2 Å². The maximum absolute atomic E-state index is 13.3. The van der Waals surface area contributed by atoms with Crippen molar-refractivity contribution >= 4 is 22.5 Å². The smallest absolute Gasteiger partial charge is 0.272 e. The average molecular weight is 490 g/mol. The van der Waals surface area contributed by atoms with Crippen molar-refractivity contribution in [3.05, 3.63) is 48.0 Å². The normalized spacial score (nSPS) is 15.9. The Morgan fingerprint density at radius 3 is 2.19 bits per heavy atom. The summed E-state index contributed by atoms with van der Waals surface area (Å²) in [5, 5.41) is 5.27. The molecule has 1 aliphatic carbocycles. The average Bonchev–Trinajstić information content (AvgIpc) is 2.89. The molecular weight excluding hydrogens is 454 g/mol. The van der Waals surface area contributed by atoms with E-state index >= 15 is 0 Å². The molecule has 0 atom stereocenters. The van der Waals surface area contributed by atoms with Crippen LogP contribution in [-0.4, -0.2) is 37.9 Å². The summed E-state index contributed by atoms with van der Waals surface area (Å²) in [7, 11) is 4.71. The molecule has 0 bridgehead atoms. The number of carbonyl (C=O) groups is 1. The number of aromatic nitrogens is 1. The van der Waals surface area contributed by atoms with Crippen LogP contribution in [0.4, 0.5) is 0 Å². The van der Waals surface area contributed by atoms with Crippen molar-refractivity contribution in [1.29, 1.82) is 0 Å². The number of hydrazone groups is 1. The summed E-state index contributed by atoms with van der Waals surface area (Å²) >= 11 is 0. The van der Waals surface area contributed by atoms with Crippen LogP contribution < -0.4 is 19.6 Å². The van der Waals surface area contributed by atoms with E-state index in [1.54, 1.807) is 27.4 Å². The van der Waals surface area contributed by atoms with Gasteiger partial charge >= 0.3 is 0 Å². The van der Waals surface area contributed by atoms with E-state index in [4.69, 9.17) is 19.2 Å². The molecule has 1 aliphatic rings. The van der Waals surface area contributed by atoms with Crippen LogP contribution >= 0.6 is 0 Å². The molecule has 1 heterocycles. The van der Waals surface area contributed by atoms with Gasteiger partial charge in [-0.15, -0.1) is 0 Å². The number of hydrogen-bond acceptors (Lipinski definition) is 6. The third-order valence-corrected chi connectivity index (χ3v) is 7.02. The van der Waals surface area contributed by atoms with E-state index in [0.29, 0.717) is 45.4 Å². The summed E-state index contributed by atoms with van der Waals surface area (Å²) in [6.07, 6.45) is 4.02. The standard InChI is InChI=1S/C29H35N3O4/c1-29(2,3)19-11-13-20(14-12-19)31-32-28(33)22-17-24(30-23-10-8-7-9-21(22)23)18-15-25(34-4)27(36-6)26(16-18)35-5/h7-10,15-17,19H,11-14H2,1-6H3,(H,32,33). The molecular formula is C29H35N3O4. The van der Waals surface area contributed by atoms with Gasteiger partial charge in [0, 0.05) is 16.7 Å². The van der Waals surface area contributed by atoms with Crippen molar-refractivity contribution < 1.29 is 19.0 Å². The second-order valence-corrected chi connectivity index (χ2v) is 10.2. The highest BCUT2D eigenvalue weighted by Crippen LogP contribution is 2.41. The molecule has 1 aromatic heterocycles. The number of pyridine rings is 1. The van der Waals surface area contributed by atoms with Gasteiger partial charge in [-0.1, -0.05) is 39.0 Å². The lowest BCUT2D eigenvalue weighted by Crippen LogP contribution is -2.27. The fourth-order valence-electron chi connectivity index (χ4n) is 4.86. The minimum atomic E-state index is -0.257. The van der Waals surface area contributed by atoms with Crippen molar-refractivity contribution in [2.75, 3.05) is 21.3 Å². The van der Waals surface area contributed by atoms with Gasteiger partial charge in [0.25, 0.3) is 5.91 Å². The summed E-state index contributed by atoms with van der Waals surface area (Å²) in [6, 6.07) is 13.0. The van der Waals surface area contributed by atoms with Crippen molar-refractivity contribution in [2.24, 2.45) is 16.4 Å². The molecule has 0 radical (unpaired) electrons. The Labute approximate surface area is 212 Å². The zero-order valence-corrected chi connectivity index (χ0v) is 22.0. The number of hydrogen-bond donors (Lipinski definition) is 1. The number of rotatable bonds is 6. The molecule has 7 heteroatoms. The van der Waals surface area contributed by atoms with Crippen LogP contribution in [0.2, 0.25) is 0 Å². The molecule has 0 spiro atoms. The number of methoxy groups -OCH3 is 3. The first-order valence-corrected chi connectivity index (χ1v) is 12.3. The topological polar surface area (TPSA) is 82.0 Å². The fraction of sp³-hybridized carbons (Fsp3) is 0.414. The van der Waals surface area contributed by atoms with Gasteiger partial charge in [-0.05, 0) is 61.3 Å². The Hall–Kier alpha value is -3.61. The number of nitrogens with one attached hydrogen (secondary N) is 1. The lowest BCUT2D eigenvalue weighted by molar-refractivity contribution is 0.0956. The summed E-state index contributed by atoms with van der Waals surface area (Å²) in [4.78, 5) is 18.1. The van der Waals surface area contributed by atoms with E-state index in [0.717, 1.165) is 42.3 Å².